The van der Waals surface area contributed by atoms with Gasteiger partial charge in [0.2, 0.25) is 23.6 Å². The zero-order valence-electron chi connectivity index (χ0n) is 29.0. The van der Waals surface area contributed by atoms with Gasteiger partial charge in [0.15, 0.2) is 0 Å². The Bertz CT molecular complexity index is 2100. The third-order valence-corrected chi connectivity index (χ3v) is 11.5. The highest BCUT2D eigenvalue weighted by Crippen LogP contribution is 2.59. The molecule has 0 radical (unpaired) electrons. The van der Waals surface area contributed by atoms with Crippen LogP contribution in [0.3, 0.4) is 0 Å². The molecule has 4 aromatic rings. The van der Waals surface area contributed by atoms with E-state index in [4.69, 9.17) is 4.74 Å². The van der Waals surface area contributed by atoms with Gasteiger partial charge in [-0.2, -0.15) is 0 Å². The van der Waals surface area contributed by atoms with Gasteiger partial charge in [-0.3, -0.25) is 29.0 Å². The summed E-state index contributed by atoms with van der Waals surface area (Å²) in [6, 6.07) is 28.0. The minimum atomic E-state index is -0.791. The number of likely N-dealkylation sites (tertiary alicyclic amines) is 2. The highest BCUT2D eigenvalue weighted by atomic mass is 16.5. The predicted molar refractivity (Wildman–Crippen MR) is 193 cm³/mol. The van der Waals surface area contributed by atoms with Crippen LogP contribution in [0.4, 0.5) is 0 Å². The van der Waals surface area contributed by atoms with Crippen LogP contribution < -0.4 is 4.74 Å². The standard InChI is InChI=1S/C43H40N2O8/c46-28-10-6-25(7-11-28)18-20-44-40(49)33-17-16-31-34(38(33)42(44)51)23-35-39(43(52)45(41(35)50)21-19-26-8-12-29(47)13-9-26)37(31)32-15-14-30(22-36(32)48)53-24-27-4-2-1-3-5-27/h1-16,22,33-35,37-39,46-48H,17-21,23-24H2. The van der Waals surface area contributed by atoms with Crippen molar-refractivity contribution in [2.45, 2.75) is 38.2 Å². The number of fused-ring (bicyclic) bond motifs is 4. The summed E-state index contributed by atoms with van der Waals surface area (Å²) in [5.74, 6) is -4.47. The monoisotopic (exact) mass is 712 g/mol. The van der Waals surface area contributed by atoms with Crippen LogP contribution in [0.1, 0.15) is 41.0 Å². The first-order chi connectivity index (χ1) is 25.7. The molecule has 3 fully saturated rings. The molecule has 4 aliphatic rings. The summed E-state index contributed by atoms with van der Waals surface area (Å²) in [4.78, 5) is 59.2. The molecular formula is C43H40N2O8. The number of nitrogens with zero attached hydrogens (tertiary/aromatic N) is 2. The van der Waals surface area contributed by atoms with Gasteiger partial charge in [0.05, 0.1) is 23.7 Å². The van der Waals surface area contributed by atoms with Crippen LogP contribution in [0.25, 0.3) is 0 Å². The van der Waals surface area contributed by atoms with E-state index in [0.29, 0.717) is 37.2 Å². The maximum absolute atomic E-state index is 14.3. The molecule has 0 aromatic heterocycles. The first-order valence-corrected chi connectivity index (χ1v) is 18.1. The second-order valence-corrected chi connectivity index (χ2v) is 14.5. The molecule has 6 atom stereocenters. The molecule has 10 nitrogen and oxygen atoms in total. The smallest absolute Gasteiger partial charge is 0.234 e. The van der Waals surface area contributed by atoms with Crippen molar-refractivity contribution in [1.82, 2.24) is 9.80 Å². The van der Waals surface area contributed by atoms with E-state index in [1.165, 1.54) is 15.9 Å². The summed E-state index contributed by atoms with van der Waals surface area (Å²) in [6.07, 6.45) is 3.37. The van der Waals surface area contributed by atoms with Crippen LogP contribution in [-0.4, -0.2) is 61.8 Å². The van der Waals surface area contributed by atoms with Gasteiger partial charge in [-0.25, -0.2) is 0 Å². The highest BCUT2D eigenvalue weighted by molar-refractivity contribution is 6.08. The number of phenolic OH excluding ortho intramolecular Hbond substituents is 3. The van der Waals surface area contributed by atoms with Crippen LogP contribution in [0.15, 0.2) is 109 Å². The molecule has 0 bridgehead atoms. The summed E-state index contributed by atoms with van der Waals surface area (Å²) >= 11 is 0. The second kappa shape index (κ2) is 13.9. The Labute approximate surface area is 306 Å². The van der Waals surface area contributed by atoms with Crippen molar-refractivity contribution >= 4 is 23.6 Å². The lowest BCUT2D eigenvalue weighted by Crippen LogP contribution is -2.43. The number of benzene rings is 4. The fourth-order valence-corrected chi connectivity index (χ4v) is 8.93. The Hall–Kier alpha value is -5.90. The number of imide groups is 2. The first-order valence-electron chi connectivity index (χ1n) is 18.1. The van der Waals surface area contributed by atoms with E-state index >= 15 is 0 Å². The summed E-state index contributed by atoms with van der Waals surface area (Å²) in [7, 11) is 0. The molecule has 53 heavy (non-hydrogen) atoms. The highest BCUT2D eigenvalue weighted by Gasteiger charge is 2.62. The van der Waals surface area contributed by atoms with E-state index < -0.39 is 35.5 Å². The van der Waals surface area contributed by atoms with Crippen LogP contribution in [-0.2, 0) is 38.6 Å². The molecule has 3 N–H and O–H groups in total. The Morgan fingerprint density at radius 3 is 1.79 bits per heavy atom. The van der Waals surface area contributed by atoms with Crippen molar-refractivity contribution in [3.8, 4) is 23.0 Å². The maximum Gasteiger partial charge on any atom is 0.234 e. The molecule has 10 heteroatoms. The second-order valence-electron chi connectivity index (χ2n) is 14.5. The third kappa shape index (κ3) is 6.32. The van der Waals surface area contributed by atoms with Gasteiger partial charge >= 0.3 is 0 Å². The average molecular weight is 713 g/mol. The number of hydrogen-bond donors (Lipinski definition) is 3. The molecule has 2 saturated heterocycles. The van der Waals surface area contributed by atoms with Crippen molar-refractivity contribution in [3.63, 3.8) is 0 Å². The Balaban J connectivity index is 1.10. The number of phenols is 3. The summed E-state index contributed by atoms with van der Waals surface area (Å²) in [5, 5.41) is 31.0. The lowest BCUT2D eigenvalue weighted by atomic mass is 9.57. The van der Waals surface area contributed by atoms with Crippen LogP contribution >= 0.6 is 0 Å². The molecule has 4 amide bonds. The zero-order valence-corrected chi connectivity index (χ0v) is 29.0. The van der Waals surface area contributed by atoms with E-state index in [1.807, 2.05) is 36.4 Å². The summed E-state index contributed by atoms with van der Waals surface area (Å²) in [6.45, 7) is 0.645. The van der Waals surface area contributed by atoms with Gasteiger partial charge in [0, 0.05) is 30.6 Å². The third-order valence-electron chi connectivity index (χ3n) is 11.5. The van der Waals surface area contributed by atoms with Crippen molar-refractivity contribution in [2.24, 2.45) is 29.6 Å². The quantitative estimate of drug-likeness (QED) is 0.144. The number of rotatable bonds is 10. The lowest BCUT2D eigenvalue weighted by molar-refractivity contribution is -0.142. The molecular weight excluding hydrogens is 672 g/mol. The van der Waals surface area contributed by atoms with Crippen LogP contribution in [0.5, 0.6) is 23.0 Å². The molecule has 8 rings (SSSR count). The SMILES string of the molecule is O=C1C2CC=C3C(CC4C(=O)N(CCc5ccc(O)cc5)C(=O)C4C3c3ccc(OCc4ccccc4)cc3O)C2C(=O)N1CCc1ccc(O)cc1. The van der Waals surface area contributed by atoms with Crippen LogP contribution in [0, 0.1) is 29.6 Å². The van der Waals surface area contributed by atoms with E-state index in [0.717, 1.165) is 22.3 Å². The average Bonchev–Trinajstić information content (AvgIpc) is 3.56. The lowest BCUT2D eigenvalue weighted by Gasteiger charge is -2.44. The van der Waals surface area contributed by atoms with Gasteiger partial charge in [0.1, 0.15) is 29.6 Å². The molecule has 0 spiro atoms. The largest absolute Gasteiger partial charge is 0.508 e. The normalized spacial score (nSPS) is 24.9. The number of ether oxygens (including phenoxy) is 1. The predicted octanol–water partition coefficient (Wildman–Crippen LogP) is 5.50. The first kappa shape index (κ1) is 34.2. The number of carbonyl (C=O) groups is 4. The molecule has 4 aromatic carbocycles. The Kier molecular flexibility index (Phi) is 8.98. The van der Waals surface area contributed by atoms with E-state index in [9.17, 15) is 34.5 Å². The topological polar surface area (TPSA) is 145 Å². The number of allylic oxidation sites excluding steroid dienone is 2. The number of amides is 4. The maximum atomic E-state index is 14.3. The van der Waals surface area contributed by atoms with E-state index in [1.54, 1.807) is 60.7 Å². The van der Waals surface area contributed by atoms with Gasteiger partial charge in [-0.15, -0.1) is 0 Å². The number of carbonyl (C=O) groups excluding carboxylic acids is 4. The van der Waals surface area contributed by atoms with Crippen molar-refractivity contribution < 1.29 is 39.2 Å². The van der Waals surface area contributed by atoms with Crippen LogP contribution in [0.2, 0.25) is 0 Å². The molecule has 2 aliphatic heterocycles. The molecule has 6 unspecified atom stereocenters. The minimum Gasteiger partial charge on any atom is -0.508 e. The van der Waals surface area contributed by atoms with E-state index in [2.05, 4.69) is 0 Å². The molecule has 2 aliphatic carbocycles. The van der Waals surface area contributed by atoms with Crippen molar-refractivity contribution in [2.75, 3.05) is 13.1 Å². The Morgan fingerprint density at radius 1 is 0.604 bits per heavy atom. The fourth-order valence-electron chi connectivity index (χ4n) is 8.93. The molecule has 1 saturated carbocycles. The zero-order chi connectivity index (χ0) is 36.8. The van der Waals surface area contributed by atoms with Gasteiger partial charge in [-0.1, -0.05) is 72.3 Å². The summed E-state index contributed by atoms with van der Waals surface area (Å²) in [5.41, 5.74) is 3.99. The molecule has 2 heterocycles. The van der Waals surface area contributed by atoms with Crippen molar-refractivity contribution in [1.29, 1.82) is 0 Å². The van der Waals surface area contributed by atoms with Gasteiger partial charge in [0.25, 0.3) is 0 Å². The van der Waals surface area contributed by atoms with Gasteiger partial charge in [-0.05, 0) is 78.6 Å². The fraction of sp³-hybridized carbons (Fsp3) is 0.302. The van der Waals surface area contributed by atoms with Crippen molar-refractivity contribution in [3.05, 3.63) is 131 Å². The van der Waals surface area contributed by atoms with Gasteiger partial charge < -0.3 is 20.1 Å². The van der Waals surface area contributed by atoms with E-state index in [-0.39, 0.29) is 60.4 Å². The number of hydrogen-bond acceptors (Lipinski definition) is 8. The number of aromatic hydroxyl groups is 3. The molecule has 270 valence electrons. The minimum absolute atomic E-state index is 0.0740. The summed E-state index contributed by atoms with van der Waals surface area (Å²) < 4.78 is 5.98. The Morgan fingerprint density at radius 2 is 1.19 bits per heavy atom.